The molecule has 6 heteroatoms. The second-order valence-electron chi connectivity index (χ2n) is 6.62. The van der Waals surface area contributed by atoms with Crippen molar-refractivity contribution in [2.45, 2.75) is 13.5 Å². The Labute approximate surface area is 162 Å². The number of nitrogens with one attached hydrogen (secondary N) is 1. The maximum absolute atomic E-state index is 12.5. The lowest BCUT2D eigenvalue weighted by molar-refractivity contribution is 0.102. The van der Waals surface area contributed by atoms with E-state index in [0.717, 1.165) is 28.1 Å². The summed E-state index contributed by atoms with van der Waals surface area (Å²) in [6.45, 7) is 2.60. The molecule has 0 fully saturated rings. The van der Waals surface area contributed by atoms with E-state index >= 15 is 0 Å². The summed E-state index contributed by atoms with van der Waals surface area (Å²) >= 11 is 0. The fourth-order valence-corrected chi connectivity index (χ4v) is 2.97. The van der Waals surface area contributed by atoms with Gasteiger partial charge in [0.15, 0.2) is 0 Å². The van der Waals surface area contributed by atoms with Gasteiger partial charge in [0, 0.05) is 11.3 Å². The van der Waals surface area contributed by atoms with Gasteiger partial charge in [0.05, 0.1) is 19.2 Å². The number of carbonyl (C=O) groups excluding carboxylic acids is 1. The Kier molecular flexibility index (Phi) is 4.76. The van der Waals surface area contributed by atoms with E-state index < -0.39 is 0 Å². The standard InChI is InChI=1S/C22H20N4O2/c1-15-3-8-18(9-4-15)23-22(27)17-7-12-21-20(13-17)24-25-26(21)14-16-5-10-19(28-2)11-6-16/h3-13H,14H2,1-2H3,(H,23,27). The van der Waals surface area contributed by atoms with Gasteiger partial charge in [0.2, 0.25) is 0 Å². The summed E-state index contributed by atoms with van der Waals surface area (Å²) in [6.07, 6.45) is 0. The van der Waals surface area contributed by atoms with E-state index in [1.165, 1.54) is 0 Å². The normalized spacial score (nSPS) is 10.8. The molecule has 0 aliphatic carbocycles. The zero-order valence-electron chi connectivity index (χ0n) is 15.7. The van der Waals surface area contributed by atoms with Gasteiger partial charge in [-0.15, -0.1) is 5.10 Å². The third-order valence-corrected chi connectivity index (χ3v) is 4.58. The number of amides is 1. The van der Waals surface area contributed by atoms with Crippen LogP contribution in [-0.4, -0.2) is 28.0 Å². The van der Waals surface area contributed by atoms with Crippen molar-refractivity contribution in [1.82, 2.24) is 15.0 Å². The van der Waals surface area contributed by atoms with Crippen molar-refractivity contribution >= 4 is 22.6 Å². The maximum Gasteiger partial charge on any atom is 0.255 e. The molecule has 1 aromatic heterocycles. The van der Waals surface area contributed by atoms with Gasteiger partial charge in [-0.25, -0.2) is 4.68 Å². The number of hydrogen-bond donors (Lipinski definition) is 1. The zero-order valence-corrected chi connectivity index (χ0v) is 15.7. The van der Waals surface area contributed by atoms with Crippen molar-refractivity contribution in [3.05, 3.63) is 83.4 Å². The lowest BCUT2D eigenvalue weighted by atomic mass is 10.1. The van der Waals surface area contributed by atoms with E-state index in [4.69, 9.17) is 4.74 Å². The molecule has 1 N–H and O–H groups in total. The Morgan fingerprint density at radius 3 is 2.50 bits per heavy atom. The van der Waals surface area contributed by atoms with Crippen LogP contribution in [0.5, 0.6) is 5.75 Å². The van der Waals surface area contributed by atoms with Gasteiger partial charge in [-0.05, 0) is 55.0 Å². The summed E-state index contributed by atoms with van der Waals surface area (Å²) in [5.41, 5.74) is 5.11. The second kappa shape index (κ2) is 7.52. The fraction of sp³-hybridized carbons (Fsp3) is 0.136. The molecule has 0 radical (unpaired) electrons. The van der Waals surface area contributed by atoms with Crippen LogP contribution in [0.25, 0.3) is 11.0 Å². The smallest absolute Gasteiger partial charge is 0.255 e. The van der Waals surface area contributed by atoms with Crippen molar-refractivity contribution in [2.24, 2.45) is 0 Å². The number of ether oxygens (including phenoxy) is 1. The molecule has 0 saturated carbocycles. The number of nitrogens with zero attached hydrogens (tertiary/aromatic N) is 3. The minimum Gasteiger partial charge on any atom is -0.497 e. The summed E-state index contributed by atoms with van der Waals surface area (Å²) in [7, 11) is 1.65. The number of carbonyl (C=O) groups is 1. The van der Waals surface area contributed by atoms with Gasteiger partial charge in [-0.2, -0.15) is 0 Å². The predicted molar refractivity (Wildman–Crippen MR) is 109 cm³/mol. The minimum atomic E-state index is -0.171. The molecule has 140 valence electrons. The number of anilines is 1. The molecule has 3 aromatic carbocycles. The van der Waals surface area contributed by atoms with E-state index in [2.05, 4.69) is 15.6 Å². The van der Waals surface area contributed by atoms with Crippen molar-refractivity contribution in [1.29, 1.82) is 0 Å². The van der Waals surface area contributed by atoms with E-state index in [9.17, 15) is 4.79 Å². The van der Waals surface area contributed by atoms with Crippen molar-refractivity contribution in [2.75, 3.05) is 12.4 Å². The molecule has 4 rings (SSSR count). The summed E-state index contributed by atoms with van der Waals surface area (Å²) in [5.74, 6) is 0.645. The van der Waals surface area contributed by atoms with Gasteiger partial charge in [0.1, 0.15) is 11.3 Å². The third kappa shape index (κ3) is 3.71. The maximum atomic E-state index is 12.5. The number of aromatic nitrogens is 3. The molecule has 0 aliphatic rings. The van der Waals surface area contributed by atoms with E-state index in [1.54, 1.807) is 19.2 Å². The Bertz CT molecular complexity index is 1120. The Morgan fingerprint density at radius 1 is 1.04 bits per heavy atom. The largest absolute Gasteiger partial charge is 0.497 e. The van der Waals surface area contributed by atoms with Gasteiger partial charge >= 0.3 is 0 Å². The van der Waals surface area contributed by atoms with Crippen LogP contribution in [0.4, 0.5) is 5.69 Å². The number of benzene rings is 3. The van der Waals surface area contributed by atoms with Crippen LogP contribution in [-0.2, 0) is 6.54 Å². The quantitative estimate of drug-likeness (QED) is 0.574. The molecule has 0 atom stereocenters. The highest BCUT2D eigenvalue weighted by Crippen LogP contribution is 2.18. The monoisotopic (exact) mass is 372 g/mol. The van der Waals surface area contributed by atoms with Crippen LogP contribution >= 0.6 is 0 Å². The first-order chi connectivity index (χ1) is 13.6. The number of aryl methyl sites for hydroxylation is 1. The summed E-state index contributed by atoms with van der Waals surface area (Å²) in [6, 6.07) is 21.0. The Morgan fingerprint density at radius 2 is 1.79 bits per heavy atom. The van der Waals surface area contributed by atoms with Crippen molar-refractivity contribution < 1.29 is 9.53 Å². The summed E-state index contributed by atoms with van der Waals surface area (Å²) in [5, 5.41) is 11.4. The lowest BCUT2D eigenvalue weighted by Gasteiger charge is -2.06. The van der Waals surface area contributed by atoms with Gasteiger partial charge in [-0.3, -0.25) is 4.79 Å². The van der Waals surface area contributed by atoms with E-state index in [0.29, 0.717) is 17.6 Å². The molecule has 1 heterocycles. The first-order valence-electron chi connectivity index (χ1n) is 8.96. The molecule has 6 nitrogen and oxygen atoms in total. The summed E-state index contributed by atoms with van der Waals surface area (Å²) < 4.78 is 7.00. The Balaban J connectivity index is 1.53. The van der Waals surface area contributed by atoms with Gasteiger partial charge < -0.3 is 10.1 Å². The molecule has 0 unspecified atom stereocenters. The van der Waals surface area contributed by atoms with Crippen molar-refractivity contribution in [3.63, 3.8) is 0 Å². The SMILES string of the molecule is COc1ccc(Cn2nnc3cc(C(=O)Nc4ccc(C)cc4)ccc32)cc1. The molecule has 0 saturated heterocycles. The topological polar surface area (TPSA) is 69.0 Å². The first kappa shape index (κ1) is 17.7. The fourth-order valence-electron chi connectivity index (χ4n) is 2.97. The zero-order chi connectivity index (χ0) is 19.5. The van der Waals surface area contributed by atoms with Crippen LogP contribution in [0.1, 0.15) is 21.5 Å². The van der Waals surface area contributed by atoms with E-state index in [-0.39, 0.29) is 5.91 Å². The molecule has 0 bridgehead atoms. The molecular weight excluding hydrogens is 352 g/mol. The molecule has 0 aliphatic heterocycles. The molecule has 28 heavy (non-hydrogen) atoms. The van der Waals surface area contributed by atoms with Crippen LogP contribution in [0, 0.1) is 6.92 Å². The molecule has 4 aromatic rings. The second-order valence-corrected chi connectivity index (χ2v) is 6.62. The average molecular weight is 372 g/mol. The highest BCUT2D eigenvalue weighted by Gasteiger charge is 2.11. The average Bonchev–Trinajstić information content (AvgIpc) is 3.12. The van der Waals surface area contributed by atoms with Gasteiger partial charge in [-0.1, -0.05) is 35.0 Å². The third-order valence-electron chi connectivity index (χ3n) is 4.58. The Hall–Kier alpha value is -3.67. The number of rotatable bonds is 5. The first-order valence-corrected chi connectivity index (χ1v) is 8.96. The van der Waals surface area contributed by atoms with Crippen LogP contribution in [0.15, 0.2) is 66.7 Å². The summed E-state index contributed by atoms with van der Waals surface area (Å²) in [4.78, 5) is 12.5. The predicted octanol–water partition coefficient (Wildman–Crippen LogP) is 4.05. The number of methoxy groups -OCH3 is 1. The highest BCUT2D eigenvalue weighted by molar-refractivity contribution is 6.05. The lowest BCUT2D eigenvalue weighted by Crippen LogP contribution is -2.11. The van der Waals surface area contributed by atoms with Crippen LogP contribution in [0.3, 0.4) is 0 Å². The minimum absolute atomic E-state index is 0.171. The van der Waals surface area contributed by atoms with Crippen LogP contribution in [0.2, 0.25) is 0 Å². The van der Waals surface area contributed by atoms with Crippen molar-refractivity contribution in [3.8, 4) is 5.75 Å². The van der Waals surface area contributed by atoms with Crippen LogP contribution < -0.4 is 10.1 Å². The molecule has 1 amide bonds. The number of fused-ring (bicyclic) bond motifs is 1. The van der Waals surface area contributed by atoms with Gasteiger partial charge in [0.25, 0.3) is 5.91 Å². The molecular formula is C22H20N4O2. The highest BCUT2D eigenvalue weighted by atomic mass is 16.5. The van der Waals surface area contributed by atoms with E-state index in [1.807, 2.05) is 66.2 Å². The molecule has 0 spiro atoms. The number of hydrogen-bond acceptors (Lipinski definition) is 4.